The summed E-state index contributed by atoms with van der Waals surface area (Å²) >= 11 is 6.07. The molecule has 0 saturated carbocycles. The van der Waals surface area contributed by atoms with E-state index in [-0.39, 0.29) is 17.8 Å². The molecular formula is C31H26ClN5O2. The third-order valence-corrected chi connectivity index (χ3v) is 6.49. The fourth-order valence-corrected chi connectivity index (χ4v) is 4.34. The van der Waals surface area contributed by atoms with Gasteiger partial charge < -0.3 is 10.2 Å². The lowest BCUT2D eigenvalue weighted by Crippen LogP contribution is -2.22. The number of rotatable bonds is 8. The van der Waals surface area contributed by atoms with Crippen LogP contribution in [0.3, 0.4) is 0 Å². The molecule has 0 saturated heterocycles. The van der Waals surface area contributed by atoms with Crippen molar-refractivity contribution in [1.82, 2.24) is 9.97 Å². The number of benzene rings is 4. The zero-order valence-electron chi connectivity index (χ0n) is 21.3. The summed E-state index contributed by atoms with van der Waals surface area (Å²) in [6.45, 7) is 3.51. The summed E-state index contributed by atoms with van der Waals surface area (Å²) in [7, 11) is 0. The molecule has 0 fully saturated rings. The maximum atomic E-state index is 13.1. The van der Waals surface area contributed by atoms with Crippen LogP contribution in [-0.4, -0.2) is 28.3 Å². The second-order valence-electron chi connectivity index (χ2n) is 8.88. The predicted octanol–water partition coefficient (Wildman–Crippen LogP) is 6.81. The molecule has 0 atom stereocenters. The Bertz CT molecular complexity index is 1610. The van der Waals surface area contributed by atoms with Crippen LogP contribution in [0, 0.1) is 0 Å². The van der Waals surface area contributed by atoms with Crippen molar-refractivity contribution in [3.05, 3.63) is 125 Å². The minimum absolute atomic E-state index is 0.101. The van der Waals surface area contributed by atoms with Gasteiger partial charge in [0.25, 0.3) is 11.8 Å². The molecule has 0 aliphatic rings. The third-order valence-electron chi connectivity index (χ3n) is 6.24. The topological polar surface area (TPSA) is 87.2 Å². The van der Waals surface area contributed by atoms with E-state index in [4.69, 9.17) is 11.6 Å². The summed E-state index contributed by atoms with van der Waals surface area (Å²) in [5.41, 5.74) is 3.63. The Balaban J connectivity index is 1.50. The fraction of sp³-hybridized carbons (Fsp3) is 0.0968. The molecule has 1 aromatic heterocycles. The van der Waals surface area contributed by atoms with Gasteiger partial charge >= 0.3 is 0 Å². The van der Waals surface area contributed by atoms with Gasteiger partial charge in [0.15, 0.2) is 0 Å². The van der Waals surface area contributed by atoms with Gasteiger partial charge in [-0.2, -0.15) is 4.98 Å². The monoisotopic (exact) mass is 535 g/mol. The van der Waals surface area contributed by atoms with Crippen molar-refractivity contribution in [2.24, 2.45) is 0 Å². The van der Waals surface area contributed by atoms with Crippen molar-refractivity contribution in [3.63, 3.8) is 0 Å². The molecule has 0 aliphatic heterocycles. The number of aromatic nitrogens is 2. The summed E-state index contributed by atoms with van der Waals surface area (Å²) < 4.78 is 0. The molecule has 5 rings (SSSR count). The molecular weight excluding hydrogens is 510 g/mol. The van der Waals surface area contributed by atoms with E-state index >= 15 is 0 Å². The minimum Gasteiger partial charge on any atom is -0.367 e. The molecule has 1 heterocycles. The Morgan fingerprint density at radius 3 is 2.00 bits per heavy atom. The van der Waals surface area contributed by atoms with E-state index in [2.05, 4.69) is 32.4 Å². The number of anilines is 3. The van der Waals surface area contributed by atoms with Crippen molar-refractivity contribution < 1.29 is 9.59 Å². The van der Waals surface area contributed by atoms with Crippen LogP contribution in [0.25, 0.3) is 10.9 Å². The van der Waals surface area contributed by atoms with Gasteiger partial charge in [0.05, 0.1) is 5.52 Å². The second kappa shape index (κ2) is 11.8. The van der Waals surface area contributed by atoms with Crippen LogP contribution in [0.1, 0.15) is 33.2 Å². The van der Waals surface area contributed by atoms with Crippen molar-refractivity contribution in [3.8, 4) is 0 Å². The van der Waals surface area contributed by atoms with E-state index in [1.165, 1.54) is 0 Å². The normalized spacial score (nSPS) is 10.7. The molecule has 2 amide bonds. The van der Waals surface area contributed by atoms with E-state index in [0.717, 1.165) is 17.8 Å². The van der Waals surface area contributed by atoms with Crippen molar-refractivity contribution in [2.75, 3.05) is 22.1 Å². The number of nitrogens with zero attached hydrogens (tertiary/aromatic N) is 3. The van der Waals surface area contributed by atoms with Gasteiger partial charge in [-0.05, 0) is 73.2 Å². The van der Waals surface area contributed by atoms with E-state index < -0.39 is 0 Å². The van der Waals surface area contributed by atoms with Gasteiger partial charge in [0.2, 0.25) is 5.95 Å². The molecule has 0 aliphatic carbocycles. The van der Waals surface area contributed by atoms with Crippen LogP contribution in [0.15, 0.2) is 103 Å². The first-order valence-corrected chi connectivity index (χ1v) is 12.9. The highest BCUT2D eigenvalue weighted by atomic mass is 35.5. The highest BCUT2D eigenvalue weighted by molar-refractivity contribution is 6.30. The summed E-state index contributed by atoms with van der Waals surface area (Å²) in [6.07, 6.45) is 0. The highest BCUT2D eigenvalue weighted by Crippen LogP contribution is 2.26. The van der Waals surface area contributed by atoms with Crippen LogP contribution in [0.4, 0.5) is 17.5 Å². The van der Waals surface area contributed by atoms with Crippen molar-refractivity contribution in [2.45, 2.75) is 13.5 Å². The fourth-order valence-electron chi connectivity index (χ4n) is 4.22. The molecule has 0 radical (unpaired) electrons. The van der Waals surface area contributed by atoms with E-state index in [9.17, 15) is 9.59 Å². The van der Waals surface area contributed by atoms with Crippen molar-refractivity contribution in [1.29, 1.82) is 0 Å². The third kappa shape index (κ3) is 6.22. The van der Waals surface area contributed by atoms with Gasteiger partial charge in [0.1, 0.15) is 5.82 Å². The molecule has 0 bridgehead atoms. The van der Waals surface area contributed by atoms with E-state index in [1.807, 2.05) is 54.6 Å². The van der Waals surface area contributed by atoms with Crippen LogP contribution in [0.5, 0.6) is 0 Å². The lowest BCUT2D eigenvalue weighted by atomic mass is 10.1. The second-order valence-corrected chi connectivity index (χ2v) is 9.31. The smallest absolute Gasteiger partial charge is 0.258 e. The predicted molar refractivity (Wildman–Crippen MR) is 157 cm³/mol. The number of amides is 2. The quantitative estimate of drug-likeness (QED) is 0.228. The van der Waals surface area contributed by atoms with Crippen LogP contribution >= 0.6 is 11.6 Å². The molecule has 4 aromatic carbocycles. The zero-order chi connectivity index (χ0) is 27.2. The SMILES string of the molecule is CCN(Cc1ccc2nc(NC(=O)c3ccccc3)nc(NC(=O)c3ccccc3)c2c1)c1ccc(Cl)cc1. The van der Waals surface area contributed by atoms with Crippen LogP contribution < -0.4 is 15.5 Å². The zero-order valence-corrected chi connectivity index (χ0v) is 22.0. The largest absolute Gasteiger partial charge is 0.367 e. The van der Waals surface area contributed by atoms with E-state index in [0.29, 0.717) is 39.4 Å². The molecule has 8 heteroatoms. The average Bonchev–Trinajstić information content (AvgIpc) is 2.97. The summed E-state index contributed by atoms with van der Waals surface area (Å²) in [5, 5.41) is 7.03. The molecule has 5 aromatic rings. The number of fused-ring (bicyclic) bond motifs is 1. The van der Waals surface area contributed by atoms with Gasteiger partial charge in [-0.25, -0.2) is 4.98 Å². The first-order chi connectivity index (χ1) is 19.0. The molecule has 0 spiro atoms. The number of hydrogen-bond acceptors (Lipinski definition) is 5. The summed E-state index contributed by atoms with van der Waals surface area (Å²) in [5.74, 6) is -0.233. The Morgan fingerprint density at radius 2 is 1.38 bits per heavy atom. The minimum atomic E-state index is -0.339. The number of carbonyl (C=O) groups is 2. The van der Waals surface area contributed by atoms with E-state index in [1.54, 1.807) is 48.5 Å². The molecule has 194 valence electrons. The Kier molecular flexibility index (Phi) is 7.80. The Labute approximate surface area is 231 Å². The average molecular weight is 536 g/mol. The van der Waals surface area contributed by atoms with Gasteiger partial charge in [-0.1, -0.05) is 54.1 Å². The molecule has 7 nitrogen and oxygen atoms in total. The Hall–Kier alpha value is -4.75. The van der Waals surface area contributed by atoms with Gasteiger partial charge in [-0.3, -0.25) is 14.9 Å². The molecule has 2 N–H and O–H groups in total. The number of hydrogen-bond donors (Lipinski definition) is 2. The van der Waals surface area contributed by atoms with Gasteiger partial charge in [-0.15, -0.1) is 0 Å². The molecule has 0 unspecified atom stereocenters. The number of carbonyl (C=O) groups excluding carboxylic acids is 2. The lowest BCUT2D eigenvalue weighted by molar-refractivity contribution is 0.101. The van der Waals surface area contributed by atoms with Crippen LogP contribution in [0.2, 0.25) is 5.02 Å². The van der Waals surface area contributed by atoms with Crippen LogP contribution in [-0.2, 0) is 6.54 Å². The molecule has 39 heavy (non-hydrogen) atoms. The highest BCUT2D eigenvalue weighted by Gasteiger charge is 2.16. The van der Waals surface area contributed by atoms with Gasteiger partial charge in [0, 0.05) is 40.3 Å². The Morgan fingerprint density at radius 1 is 0.769 bits per heavy atom. The first-order valence-electron chi connectivity index (χ1n) is 12.5. The lowest BCUT2D eigenvalue weighted by Gasteiger charge is -2.23. The maximum Gasteiger partial charge on any atom is 0.258 e. The summed E-state index contributed by atoms with van der Waals surface area (Å²) in [6, 6.07) is 31.3. The number of nitrogens with one attached hydrogen (secondary N) is 2. The summed E-state index contributed by atoms with van der Waals surface area (Å²) in [4.78, 5) is 37.2. The van der Waals surface area contributed by atoms with Crippen molar-refractivity contribution >= 4 is 51.8 Å². The standard InChI is InChI=1S/C31H26ClN5O2/c1-2-37(25-16-14-24(32)15-17-25)20-21-13-18-27-26(19-21)28(34-29(38)22-9-5-3-6-10-22)35-31(33-27)36-30(39)23-11-7-4-8-12-23/h3-19H,2,20H2,1H3,(H2,33,34,35,36,38,39). The first kappa shape index (κ1) is 25.9. The number of halogens is 1. The maximum absolute atomic E-state index is 13.1.